The minimum atomic E-state index is -1.05. The number of hydrogen-bond donors (Lipinski definition) is 2. The van der Waals surface area contributed by atoms with Gasteiger partial charge >= 0.3 is 18.2 Å². The van der Waals surface area contributed by atoms with Gasteiger partial charge in [-0.2, -0.15) is 0 Å². The second-order valence-corrected chi connectivity index (χ2v) is 11.8. The first kappa shape index (κ1) is 26.0. The number of nitrogens with one attached hydrogen (secondary N) is 1. The van der Waals surface area contributed by atoms with Gasteiger partial charge in [0.25, 0.3) is 0 Å². The zero-order valence-electron chi connectivity index (χ0n) is 22.0. The van der Waals surface area contributed by atoms with Crippen molar-refractivity contribution in [2.75, 3.05) is 32.9 Å². The first-order valence-electron chi connectivity index (χ1n) is 12.9. The monoisotopic (exact) mass is 522 g/mol. The van der Waals surface area contributed by atoms with Gasteiger partial charge in [0.05, 0.1) is 12.1 Å². The Morgan fingerprint density at radius 3 is 2.18 bits per heavy atom. The van der Waals surface area contributed by atoms with Crippen molar-refractivity contribution in [1.82, 2.24) is 10.2 Å². The fourth-order valence-corrected chi connectivity index (χ4v) is 6.37. The highest BCUT2D eigenvalue weighted by atomic mass is 16.6. The number of alkyl carbamates (subject to hydrolysis) is 1. The van der Waals surface area contributed by atoms with E-state index in [2.05, 4.69) is 29.6 Å². The number of aliphatic carboxylic acids is 1. The third kappa shape index (κ3) is 5.20. The summed E-state index contributed by atoms with van der Waals surface area (Å²) in [6.45, 7) is 6.00. The van der Waals surface area contributed by atoms with Gasteiger partial charge in [-0.25, -0.2) is 14.4 Å². The first-order chi connectivity index (χ1) is 18.0. The lowest BCUT2D eigenvalue weighted by atomic mass is 9.54. The molecule has 202 valence electrons. The summed E-state index contributed by atoms with van der Waals surface area (Å²) in [6.07, 6.45) is 0.0999. The number of carbonyl (C=O) groups excluding carboxylic acids is 2. The van der Waals surface area contributed by atoms with Gasteiger partial charge in [-0.3, -0.25) is 0 Å². The van der Waals surface area contributed by atoms with E-state index < -0.39 is 41.3 Å². The summed E-state index contributed by atoms with van der Waals surface area (Å²) in [4.78, 5) is 38.5. The van der Waals surface area contributed by atoms with Crippen molar-refractivity contribution in [2.45, 2.75) is 50.7 Å². The molecular weight excluding hydrogens is 488 g/mol. The van der Waals surface area contributed by atoms with Crippen LogP contribution in [-0.2, 0) is 19.0 Å². The maximum absolute atomic E-state index is 13.1. The molecule has 0 radical (unpaired) electrons. The van der Waals surface area contributed by atoms with E-state index in [1.165, 1.54) is 0 Å². The first-order valence-corrected chi connectivity index (χ1v) is 12.9. The molecule has 0 spiro atoms. The molecule has 9 nitrogen and oxygen atoms in total. The average molecular weight is 523 g/mol. The van der Waals surface area contributed by atoms with Crippen LogP contribution in [0.25, 0.3) is 11.1 Å². The van der Waals surface area contributed by atoms with E-state index >= 15 is 0 Å². The summed E-state index contributed by atoms with van der Waals surface area (Å²) in [5.74, 6) is -1.11. The Morgan fingerprint density at radius 2 is 1.61 bits per heavy atom. The molecule has 2 amide bonds. The number of carboxylic acids is 1. The maximum Gasteiger partial charge on any atom is 0.410 e. The van der Waals surface area contributed by atoms with E-state index in [9.17, 15) is 14.4 Å². The summed E-state index contributed by atoms with van der Waals surface area (Å²) in [5.41, 5.74) is 2.76. The quantitative estimate of drug-likeness (QED) is 0.554. The van der Waals surface area contributed by atoms with E-state index in [1.54, 1.807) is 25.7 Å². The number of carboxylic acid groups (broad SMARTS) is 1. The lowest BCUT2D eigenvalue weighted by Crippen LogP contribution is -2.75. The van der Waals surface area contributed by atoms with Gasteiger partial charge in [-0.05, 0) is 55.9 Å². The molecule has 38 heavy (non-hydrogen) atoms. The van der Waals surface area contributed by atoms with E-state index in [0.717, 1.165) is 22.3 Å². The average Bonchev–Trinajstić information content (AvgIpc) is 3.14. The number of ether oxygens (including phenoxy) is 3. The molecule has 0 aromatic heterocycles. The van der Waals surface area contributed by atoms with Crippen LogP contribution in [-0.4, -0.2) is 72.2 Å². The van der Waals surface area contributed by atoms with Gasteiger partial charge in [0.1, 0.15) is 18.8 Å². The fraction of sp³-hybridized carbons (Fsp3) is 0.483. The fourth-order valence-electron chi connectivity index (χ4n) is 6.37. The van der Waals surface area contributed by atoms with Gasteiger partial charge in [0, 0.05) is 24.4 Å². The Labute approximate surface area is 222 Å². The van der Waals surface area contributed by atoms with Crippen molar-refractivity contribution in [3.8, 4) is 11.1 Å². The summed E-state index contributed by atoms with van der Waals surface area (Å²) in [7, 11) is 0. The van der Waals surface area contributed by atoms with Crippen LogP contribution in [0.15, 0.2) is 48.5 Å². The smallest absolute Gasteiger partial charge is 0.410 e. The Morgan fingerprint density at radius 1 is 1.00 bits per heavy atom. The number of rotatable bonds is 7. The van der Waals surface area contributed by atoms with Crippen LogP contribution in [0.4, 0.5) is 9.59 Å². The predicted molar refractivity (Wildman–Crippen MR) is 139 cm³/mol. The largest absolute Gasteiger partial charge is 0.480 e. The van der Waals surface area contributed by atoms with Crippen molar-refractivity contribution < 1.29 is 33.7 Å². The van der Waals surface area contributed by atoms with Crippen LogP contribution in [0.3, 0.4) is 0 Å². The number of amides is 2. The summed E-state index contributed by atoms with van der Waals surface area (Å²) >= 11 is 0. The highest BCUT2D eigenvalue weighted by molar-refractivity contribution is 5.79. The number of fused-ring (bicyclic) bond motifs is 5. The molecule has 2 bridgehead atoms. The summed E-state index contributed by atoms with van der Waals surface area (Å²) in [6, 6.07) is 16.3. The van der Waals surface area contributed by atoms with Crippen molar-refractivity contribution in [1.29, 1.82) is 0 Å². The molecule has 6 rings (SSSR count). The topological polar surface area (TPSA) is 114 Å². The predicted octanol–water partition coefficient (Wildman–Crippen LogP) is 4.40. The van der Waals surface area contributed by atoms with Crippen LogP contribution >= 0.6 is 0 Å². The van der Waals surface area contributed by atoms with Crippen molar-refractivity contribution in [2.24, 2.45) is 5.41 Å². The summed E-state index contributed by atoms with van der Waals surface area (Å²) < 4.78 is 16.7. The normalized spacial score (nSPS) is 23.6. The lowest BCUT2D eigenvalue weighted by Gasteiger charge is -2.62. The van der Waals surface area contributed by atoms with Crippen LogP contribution < -0.4 is 5.32 Å². The number of carbonyl (C=O) groups is 3. The minimum Gasteiger partial charge on any atom is -0.480 e. The second-order valence-electron chi connectivity index (χ2n) is 11.8. The third-order valence-electron chi connectivity index (χ3n) is 7.44. The van der Waals surface area contributed by atoms with E-state index in [0.29, 0.717) is 19.4 Å². The molecule has 2 saturated heterocycles. The molecule has 2 aliphatic carbocycles. The van der Waals surface area contributed by atoms with E-state index in [1.807, 2.05) is 24.3 Å². The highest BCUT2D eigenvalue weighted by Gasteiger charge is 2.62. The SMILES string of the molecule is CC(C)(C)OC(=O)N1CC2(COCC(=O)O)CC(NC(=O)OCC3c4ccccc4-c4ccccc43)(C1)C2. The molecule has 2 N–H and O–H groups in total. The molecule has 2 aromatic rings. The molecule has 2 heterocycles. The molecule has 9 heteroatoms. The van der Waals surface area contributed by atoms with Crippen LogP contribution in [0.2, 0.25) is 0 Å². The third-order valence-corrected chi connectivity index (χ3v) is 7.44. The van der Waals surface area contributed by atoms with Gasteiger partial charge in [-0.15, -0.1) is 0 Å². The molecule has 0 unspecified atom stereocenters. The zero-order valence-corrected chi connectivity index (χ0v) is 22.0. The Kier molecular flexibility index (Phi) is 6.59. The highest BCUT2D eigenvalue weighted by Crippen LogP contribution is 2.53. The van der Waals surface area contributed by atoms with Crippen molar-refractivity contribution in [3.05, 3.63) is 59.7 Å². The standard InChI is InChI=1S/C29H34N2O7/c1-27(2,3)38-26(35)31-16-28(18-36-13-24(32)33)14-29(15-28,17-31)30-25(34)37-12-23-21-10-6-4-8-19(21)20-9-5-7-11-22(20)23/h4-11,23H,12-18H2,1-3H3,(H,30,34)(H,32,33). The molecule has 2 aliphatic heterocycles. The van der Waals surface area contributed by atoms with Crippen LogP contribution in [0.1, 0.15) is 50.7 Å². The van der Waals surface area contributed by atoms with Crippen molar-refractivity contribution >= 4 is 18.2 Å². The maximum atomic E-state index is 13.1. The van der Waals surface area contributed by atoms with E-state index in [4.69, 9.17) is 19.3 Å². The Balaban J connectivity index is 1.26. The number of piperidine rings is 2. The molecule has 1 saturated carbocycles. The van der Waals surface area contributed by atoms with Crippen molar-refractivity contribution in [3.63, 3.8) is 0 Å². The number of nitrogens with zero attached hydrogens (tertiary/aromatic N) is 1. The van der Waals surface area contributed by atoms with Gasteiger partial charge in [0.2, 0.25) is 0 Å². The molecule has 0 atom stereocenters. The molecule has 2 aromatic carbocycles. The molecular formula is C29H34N2O7. The molecule has 3 fully saturated rings. The Bertz CT molecular complexity index is 1200. The molecule has 4 aliphatic rings. The summed E-state index contributed by atoms with van der Waals surface area (Å²) in [5, 5.41) is 12.0. The van der Waals surface area contributed by atoms with Crippen LogP contribution in [0, 0.1) is 5.41 Å². The zero-order chi connectivity index (χ0) is 27.1. The minimum absolute atomic E-state index is 0.0554. The number of hydrogen-bond acceptors (Lipinski definition) is 6. The van der Waals surface area contributed by atoms with Gasteiger partial charge in [-0.1, -0.05) is 48.5 Å². The van der Waals surface area contributed by atoms with Gasteiger partial charge < -0.3 is 29.5 Å². The lowest BCUT2D eigenvalue weighted by molar-refractivity contribution is -0.153. The Hall–Kier alpha value is -3.59. The van der Waals surface area contributed by atoms with Crippen LogP contribution in [0.5, 0.6) is 0 Å². The number of benzene rings is 2. The van der Waals surface area contributed by atoms with E-state index in [-0.39, 0.29) is 25.7 Å². The van der Waals surface area contributed by atoms with Gasteiger partial charge in [0.15, 0.2) is 0 Å². The second kappa shape index (κ2) is 9.62.